The van der Waals surface area contributed by atoms with Gasteiger partial charge in [0.15, 0.2) is 17.0 Å². The summed E-state index contributed by atoms with van der Waals surface area (Å²) in [6, 6.07) is 0.328. The smallest absolute Gasteiger partial charge is 0.263 e. The molecule has 0 N–H and O–H groups in total. The van der Waals surface area contributed by atoms with Gasteiger partial charge in [0, 0.05) is 13.1 Å². The number of nitrogens with zero attached hydrogens (tertiary/aromatic N) is 5. The monoisotopic (exact) mass is 403 g/mol. The van der Waals surface area contributed by atoms with E-state index in [1.807, 2.05) is 0 Å². The number of aromatic nitrogens is 5. The molecule has 0 spiro atoms. The van der Waals surface area contributed by atoms with Crippen LogP contribution in [0.4, 0.5) is 39.5 Å². The Morgan fingerprint density at radius 1 is 0.852 bits per heavy atom. The van der Waals surface area contributed by atoms with Gasteiger partial charge in [-0.3, -0.25) is 4.68 Å². The van der Waals surface area contributed by atoms with Crippen molar-refractivity contribution >= 4 is 5.65 Å². The van der Waals surface area contributed by atoms with Crippen molar-refractivity contribution in [1.29, 1.82) is 0 Å². The van der Waals surface area contributed by atoms with Gasteiger partial charge < -0.3 is 0 Å². The fraction of sp³-hybridized carbons (Fsp3) is 0.308. The van der Waals surface area contributed by atoms with Crippen LogP contribution >= 0.6 is 0 Å². The van der Waals surface area contributed by atoms with Crippen molar-refractivity contribution in [2.75, 3.05) is 0 Å². The lowest BCUT2D eigenvalue weighted by Crippen LogP contribution is -2.18. The second-order valence-electron chi connectivity index (χ2n) is 5.35. The van der Waals surface area contributed by atoms with Crippen LogP contribution < -0.4 is 0 Å². The van der Waals surface area contributed by atoms with Crippen molar-refractivity contribution in [3.05, 3.63) is 35.4 Å². The van der Waals surface area contributed by atoms with Crippen molar-refractivity contribution < 1.29 is 39.5 Å². The van der Waals surface area contributed by atoms with Gasteiger partial charge in [-0.25, -0.2) is 9.50 Å². The highest BCUT2D eigenvalue weighted by Gasteiger charge is 2.42. The SMILES string of the molecule is Cn1ncc(-c2cc3nc(C(F)(F)F)cc(C(F)(F)F)n3n2)c1C(F)(F)F. The molecule has 0 aliphatic rings. The molecule has 3 aromatic heterocycles. The molecule has 3 aromatic rings. The van der Waals surface area contributed by atoms with Gasteiger partial charge >= 0.3 is 18.5 Å². The van der Waals surface area contributed by atoms with Crippen LogP contribution in [0.2, 0.25) is 0 Å². The minimum Gasteiger partial charge on any atom is -0.263 e. The second kappa shape index (κ2) is 5.60. The van der Waals surface area contributed by atoms with Crippen molar-refractivity contribution in [3.8, 4) is 11.3 Å². The highest BCUT2D eigenvalue weighted by molar-refractivity contribution is 5.66. The molecule has 0 saturated heterocycles. The number of aryl methyl sites for hydroxylation is 1. The van der Waals surface area contributed by atoms with Gasteiger partial charge in [-0.1, -0.05) is 0 Å². The molecule has 27 heavy (non-hydrogen) atoms. The Kier molecular flexibility index (Phi) is 3.93. The molecule has 0 atom stereocenters. The highest BCUT2D eigenvalue weighted by atomic mass is 19.4. The molecule has 146 valence electrons. The van der Waals surface area contributed by atoms with Gasteiger partial charge in [-0.2, -0.15) is 49.7 Å². The van der Waals surface area contributed by atoms with Crippen LogP contribution in [0.25, 0.3) is 16.9 Å². The molecule has 0 radical (unpaired) electrons. The third kappa shape index (κ3) is 3.30. The van der Waals surface area contributed by atoms with E-state index in [4.69, 9.17) is 0 Å². The maximum absolute atomic E-state index is 13.1. The fourth-order valence-corrected chi connectivity index (χ4v) is 2.41. The summed E-state index contributed by atoms with van der Waals surface area (Å²) in [5.41, 5.74) is -7.27. The molecule has 0 saturated carbocycles. The lowest BCUT2D eigenvalue weighted by molar-refractivity contribution is -0.148. The number of rotatable bonds is 1. The quantitative estimate of drug-likeness (QED) is 0.573. The van der Waals surface area contributed by atoms with Gasteiger partial charge in [-0.15, -0.1) is 0 Å². The third-order valence-corrected chi connectivity index (χ3v) is 3.49. The zero-order valence-corrected chi connectivity index (χ0v) is 12.9. The van der Waals surface area contributed by atoms with Crippen LogP contribution in [0.3, 0.4) is 0 Å². The van der Waals surface area contributed by atoms with E-state index in [-0.39, 0.29) is 10.6 Å². The minimum absolute atomic E-state index is 0.0116. The van der Waals surface area contributed by atoms with E-state index in [0.717, 1.165) is 7.05 Å². The van der Waals surface area contributed by atoms with Crippen LogP contribution in [0, 0.1) is 0 Å². The zero-order chi connectivity index (χ0) is 20.4. The number of hydrogen-bond donors (Lipinski definition) is 0. The summed E-state index contributed by atoms with van der Waals surface area (Å²) >= 11 is 0. The lowest BCUT2D eigenvalue weighted by Gasteiger charge is -2.12. The van der Waals surface area contributed by atoms with Gasteiger partial charge in [0.05, 0.1) is 17.5 Å². The first-order valence-electron chi connectivity index (χ1n) is 6.84. The van der Waals surface area contributed by atoms with E-state index in [2.05, 4.69) is 15.2 Å². The maximum Gasteiger partial charge on any atom is 0.433 e. The number of halogens is 9. The first-order valence-corrected chi connectivity index (χ1v) is 6.84. The Bertz CT molecular complexity index is 1010. The summed E-state index contributed by atoms with van der Waals surface area (Å²) in [6.07, 6.45) is -14.7. The average Bonchev–Trinajstić information content (AvgIpc) is 3.06. The molecular formula is C13H6F9N5. The first-order chi connectivity index (χ1) is 12.2. The van der Waals surface area contributed by atoms with Crippen molar-refractivity contribution in [2.24, 2.45) is 7.05 Å². The summed E-state index contributed by atoms with van der Waals surface area (Å²) in [5.74, 6) is 0. The van der Waals surface area contributed by atoms with Crippen molar-refractivity contribution in [1.82, 2.24) is 24.4 Å². The van der Waals surface area contributed by atoms with Gasteiger partial charge in [-0.05, 0) is 6.07 Å². The predicted octanol–water partition coefficient (Wildman–Crippen LogP) is 4.19. The van der Waals surface area contributed by atoms with E-state index in [0.29, 0.717) is 16.9 Å². The van der Waals surface area contributed by atoms with Crippen LogP contribution in [-0.4, -0.2) is 24.4 Å². The zero-order valence-electron chi connectivity index (χ0n) is 12.9. The van der Waals surface area contributed by atoms with Gasteiger partial charge in [0.1, 0.15) is 5.69 Å². The van der Waals surface area contributed by atoms with Crippen LogP contribution in [0.1, 0.15) is 17.1 Å². The fourth-order valence-electron chi connectivity index (χ4n) is 2.41. The number of hydrogen-bond acceptors (Lipinski definition) is 3. The maximum atomic E-state index is 13.1. The molecule has 0 unspecified atom stereocenters. The third-order valence-electron chi connectivity index (χ3n) is 3.49. The molecule has 0 aromatic carbocycles. The van der Waals surface area contributed by atoms with Gasteiger partial charge in [0.25, 0.3) is 0 Å². The molecule has 3 heterocycles. The minimum atomic E-state index is -5.26. The Hall–Kier alpha value is -2.80. The Morgan fingerprint density at radius 2 is 1.48 bits per heavy atom. The summed E-state index contributed by atoms with van der Waals surface area (Å²) < 4.78 is 118. The summed E-state index contributed by atoms with van der Waals surface area (Å²) in [5, 5.41) is 6.76. The number of alkyl halides is 9. The second-order valence-corrected chi connectivity index (χ2v) is 5.35. The van der Waals surface area contributed by atoms with E-state index in [9.17, 15) is 39.5 Å². The first kappa shape index (κ1) is 19.0. The van der Waals surface area contributed by atoms with E-state index in [1.54, 1.807) is 0 Å². The Balaban J connectivity index is 2.31. The standard InChI is InChI=1S/C13H6F9N5/c1-26-10(13(20,21)22)5(4-23-26)6-2-9-24-7(11(14,15)16)3-8(12(17,18)19)27(9)25-6/h2-4H,1H3. The topological polar surface area (TPSA) is 48.0 Å². The highest BCUT2D eigenvalue weighted by Crippen LogP contribution is 2.38. The lowest BCUT2D eigenvalue weighted by atomic mass is 10.2. The van der Waals surface area contributed by atoms with E-state index in [1.165, 1.54) is 0 Å². The van der Waals surface area contributed by atoms with Crippen LogP contribution in [-0.2, 0) is 25.6 Å². The Morgan fingerprint density at radius 3 is 2.00 bits per heavy atom. The number of fused-ring (bicyclic) bond motifs is 1. The molecule has 0 fully saturated rings. The summed E-state index contributed by atoms with van der Waals surface area (Å²) in [7, 11) is 0.948. The Labute approximate surface area is 143 Å². The molecule has 0 aliphatic heterocycles. The summed E-state index contributed by atoms with van der Waals surface area (Å²) in [6.45, 7) is 0. The molecule has 3 rings (SSSR count). The van der Waals surface area contributed by atoms with Crippen molar-refractivity contribution in [2.45, 2.75) is 18.5 Å². The van der Waals surface area contributed by atoms with E-state index < -0.39 is 52.5 Å². The van der Waals surface area contributed by atoms with Crippen LogP contribution in [0.15, 0.2) is 18.3 Å². The average molecular weight is 403 g/mol. The molecule has 0 amide bonds. The molecular weight excluding hydrogens is 397 g/mol. The van der Waals surface area contributed by atoms with Gasteiger partial charge in [0.2, 0.25) is 0 Å². The van der Waals surface area contributed by atoms with E-state index >= 15 is 0 Å². The predicted molar refractivity (Wildman–Crippen MR) is 70.2 cm³/mol. The molecule has 5 nitrogen and oxygen atoms in total. The molecule has 0 bridgehead atoms. The molecule has 14 heteroatoms. The van der Waals surface area contributed by atoms with Crippen molar-refractivity contribution in [3.63, 3.8) is 0 Å². The summed E-state index contributed by atoms with van der Waals surface area (Å²) in [4.78, 5) is 3.03. The molecule has 0 aliphatic carbocycles. The van der Waals surface area contributed by atoms with Crippen LogP contribution in [0.5, 0.6) is 0 Å². The largest absolute Gasteiger partial charge is 0.433 e. The normalized spacial score (nSPS) is 13.6.